The zero-order valence-electron chi connectivity index (χ0n) is 30.2. The van der Waals surface area contributed by atoms with Gasteiger partial charge in [-0.2, -0.15) is 0 Å². The number of carbonyl (C=O) groups excluding carboxylic acids is 1. The van der Waals surface area contributed by atoms with Crippen molar-refractivity contribution in [2.45, 2.75) is 0 Å². The maximum atomic E-state index is 13.1. The van der Waals surface area contributed by atoms with E-state index < -0.39 is 0 Å². The first-order valence-electron chi connectivity index (χ1n) is 17.8. The lowest BCUT2D eigenvalue weighted by atomic mass is 9.93. The van der Waals surface area contributed by atoms with E-state index in [-0.39, 0.29) is 5.78 Å². The van der Waals surface area contributed by atoms with E-state index in [0.717, 1.165) is 41.2 Å². The lowest BCUT2D eigenvalue weighted by Crippen LogP contribution is -2.02. The van der Waals surface area contributed by atoms with Crippen molar-refractivity contribution in [3.05, 3.63) is 236 Å². The van der Waals surface area contributed by atoms with Gasteiger partial charge in [-0.25, -0.2) is 0 Å². The lowest BCUT2D eigenvalue weighted by molar-refractivity contribution is 0.103. The average molecular weight is 919 g/mol. The molecular weight excluding hydrogens is 882 g/mol. The van der Waals surface area contributed by atoms with Gasteiger partial charge >= 0.3 is 0 Å². The second-order valence-electron chi connectivity index (χ2n) is 12.6. The topological polar surface area (TPSA) is 43.1 Å². The fourth-order valence-corrected chi connectivity index (χ4v) is 7.28. The van der Waals surface area contributed by atoms with Crippen LogP contribution in [0.4, 0.5) is 0 Å². The van der Waals surface area contributed by atoms with Crippen LogP contribution in [0.15, 0.2) is 220 Å². The predicted octanol–water partition coefficient (Wildman–Crippen LogP) is 14.5. The summed E-state index contributed by atoms with van der Waals surface area (Å²) in [6, 6.07) is 71.4. The molecule has 0 saturated carbocycles. The van der Waals surface area contributed by atoms with Gasteiger partial charge in [0.2, 0.25) is 0 Å². The van der Waals surface area contributed by atoms with Crippen LogP contribution < -0.4 is 5.73 Å². The summed E-state index contributed by atoms with van der Waals surface area (Å²) in [7, 11) is 0. The van der Waals surface area contributed by atoms with Crippen LogP contribution in [0, 0.1) is 12.0 Å². The molecule has 0 aliphatic carbocycles. The quantitative estimate of drug-likeness (QED) is 0.103. The SMILES string of the molecule is Brc1cc(-c2ccccc2)cc(-c2ccccc2)c1.NC#Cc1cccc(Br)c1.O=C(c1cccc(Br)c1)c1cc(-c2ccccc2)cc(-c2ccccc2)c1. The fraction of sp³-hybridized carbons (Fsp3) is 0. The summed E-state index contributed by atoms with van der Waals surface area (Å²) in [6.45, 7) is 0. The van der Waals surface area contributed by atoms with Crippen molar-refractivity contribution in [1.82, 2.24) is 0 Å². The summed E-state index contributed by atoms with van der Waals surface area (Å²) < 4.78 is 3.02. The molecule has 0 amide bonds. The summed E-state index contributed by atoms with van der Waals surface area (Å²) in [5.74, 6) is 2.77. The Kier molecular flexibility index (Phi) is 14.4. The smallest absolute Gasteiger partial charge is 0.193 e. The van der Waals surface area contributed by atoms with Crippen LogP contribution >= 0.6 is 47.8 Å². The Morgan fingerprint density at radius 1 is 0.357 bits per heavy atom. The zero-order valence-corrected chi connectivity index (χ0v) is 35.0. The van der Waals surface area contributed by atoms with Crippen LogP contribution in [0.3, 0.4) is 0 Å². The molecule has 0 aliphatic heterocycles. The number of nitrogens with two attached hydrogens (primary N) is 1. The minimum absolute atomic E-state index is 0.0197. The molecule has 0 atom stereocenters. The van der Waals surface area contributed by atoms with Gasteiger partial charge in [-0.1, -0.05) is 187 Å². The zero-order chi connectivity index (χ0) is 39.1. The Labute approximate surface area is 354 Å². The van der Waals surface area contributed by atoms with Gasteiger partial charge in [0.25, 0.3) is 0 Å². The molecule has 0 aromatic heterocycles. The van der Waals surface area contributed by atoms with Crippen LogP contribution in [0.5, 0.6) is 0 Å². The van der Waals surface area contributed by atoms with E-state index in [1.54, 1.807) is 0 Å². The molecule has 0 bridgehead atoms. The summed E-state index contributed by atoms with van der Waals surface area (Å²) in [5, 5.41) is 0. The largest absolute Gasteiger partial charge is 0.359 e. The first-order valence-corrected chi connectivity index (χ1v) is 20.2. The number of halogens is 3. The third-order valence-corrected chi connectivity index (χ3v) is 10.1. The monoisotopic (exact) mass is 915 g/mol. The molecule has 0 spiro atoms. The summed E-state index contributed by atoms with van der Waals surface area (Å²) >= 11 is 10.4. The van der Waals surface area contributed by atoms with E-state index in [1.807, 2.05) is 109 Å². The molecule has 0 aliphatic rings. The van der Waals surface area contributed by atoms with E-state index in [4.69, 9.17) is 5.73 Å². The molecule has 8 rings (SSSR count). The highest BCUT2D eigenvalue weighted by Gasteiger charge is 2.13. The molecule has 0 fully saturated rings. The van der Waals surface area contributed by atoms with Gasteiger partial charge in [-0.3, -0.25) is 4.79 Å². The number of rotatable bonds is 6. The fourth-order valence-electron chi connectivity index (χ4n) is 5.98. The first-order chi connectivity index (χ1) is 27.4. The van der Waals surface area contributed by atoms with Crippen LogP contribution in [-0.4, -0.2) is 5.78 Å². The van der Waals surface area contributed by atoms with E-state index in [9.17, 15) is 4.79 Å². The Balaban J connectivity index is 0.000000159. The van der Waals surface area contributed by atoms with Gasteiger partial charge in [0.05, 0.1) is 0 Å². The Hall–Kier alpha value is -5.77. The highest BCUT2D eigenvalue weighted by Crippen LogP contribution is 2.31. The van der Waals surface area contributed by atoms with E-state index in [2.05, 4.69) is 157 Å². The third-order valence-electron chi connectivity index (χ3n) is 8.65. The second-order valence-corrected chi connectivity index (χ2v) is 15.4. The van der Waals surface area contributed by atoms with E-state index in [1.165, 1.54) is 22.3 Å². The lowest BCUT2D eigenvalue weighted by Gasteiger charge is -2.11. The standard InChI is InChI=1S/C25H17BrO.C18H13Br.C8H6BrN/c26-24-13-7-12-20(17-24)25(27)23-15-21(18-8-3-1-4-9-18)14-22(16-23)19-10-5-2-6-11-19;19-18-12-16(14-7-3-1-4-8-14)11-17(13-18)15-9-5-2-6-10-15;9-8-3-1-2-7(6-8)4-5-10/h1-17H;1-13H;1-3,6H,10H2. The van der Waals surface area contributed by atoms with Gasteiger partial charge in [0, 0.05) is 36.2 Å². The van der Waals surface area contributed by atoms with Gasteiger partial charge in [-0.05, 0) is 117 Å². The van der Waals surface area contributed by atoms with Crippen molar-refractivity contribution >= 4 is 53.6 Å². The molecule has 272 valence electrons. The molecule has 2 N–H and O–H groups in total. The Morgan fingerprint density at radius 2 is 0.750 bits per heavy atom. The molecule has 0 radical (unpaired) electrons. The average Bonchev–Trinajstić information content (AvgIpc) is 3.25. The molecule has 0 heterocycles. The minimum atomic E-state index is 0.0197. The number of carbonyl (C=O) groups is 1. The third kappa shape index (κ3) is 11.4. The van der Waals surface area contributed by atoms with Gasteiger partial charge in [0.15, 0.2) is 5.78 Å². The molecule has 8 aromatic carbocycles. The highest BCUT2D eigenvalue weighted by atomic mass is 79.9. The van der Waals surface area contributed by atoms with Crippen molar-refractivity contribution in [1.29, 1.82) is 0 Å². The van der Waals surface area contributed by atoms with Crippen molar-refractivity contribution < 1.29 is 4.79 Å². The Bertz CT molecular complexity index is 2470. The summed E-state index contributed by atoms with van der Waals surface area (Å²) in [5.41, 5.74) is 16.5. The van der Waals surface area contributed by atoms with Crippen LogP contribution in [0.2, 0.25) is 0 Å². The maximum absolute atomic E-state index is 13.1. The molecular formula is C51H36Br3NO. The van der Waals surface area contributed by atoms with Crippen molar-refractivity contribution in [2.24, 2.45) is 5.73 Å². The number of hydrogen-bond acceptors (Lipinski definition) is 2. The molecule has 5 heteroatoms. The van der Waals surface area contributed by atoms with Crippen molar-refractivity contribution in [2.75, 3.05) is 0 Å². The minimum Gasteiger partial charge on any atom is -0.359 e. The molecule has 8 aromatic rings. The molecule has 56 heavy (non-hydrogen) atoms. The molecule has 0 unspecified atom stereocenters. The van der Waals surface area contributed by atoms with Crippen molar-refractivity contribution in [3.63, 3.8) is 0 Å². The van der Waals surface area contributed by atoms with Crippen LogP contribution in [0.25, 0.3) is 44.5 Å². The number of hydrogen-bond donors (Lipinski definition) is 1. The second kappa shape index (κ2) is 20.2. The van der Waals surface area contributed by atoms with E-state index >= 15 is 0 Å². The van der Waals surface area contributed by atoms with Gasteiger partial charge < -0.3 is 5.73 Å². The number of benzene rings is 8. The van der Waals surface area contributed by atoms with E-state index in [0.29, 0.717) is 11.1 Å². The van der Waals surface area contributed by atoms with Crippen LogP contribution in [-0.2, 0) is 0 Å². The van der Waals surface area contributed by atoms with Crippen molar-refractivity contribution in [3.8, 4) is 56.5 Å². The van der Waals surface area contributed by atoms with Gasteiger partial charge in [0.1, 0.15) is 0 Å². The van der Waals surface area contributed by atoms with Gasteiger partial charge in [-0.15, -0.1) is 0 Å². The summed E-state index contributed by atoms with van der Waals surface area (Å²) in [6.07, 6.45) is 0. The molecule has 0 saturated heterocycles. The predicted molar refractivity (Wildman–Crippen MR) is 245 cm³/mol. The number of ketones is 1. The molecule has 2 nitrogen and oxygen atoms in total. The maximum Gasteiger partial charge on any atom is 0.193 e. The Morgan fingerprint density at radius 3 is 1.14 bits per heavy atom. The van der Waals surface area contributed by atoms with Crippen LogP contribution in [0.1, 0.15) is 21.5 Å². The first kappa shape index (κ1) is 39.9. The summed E-state index contributed by atoms with van der Waals surface area (Å²) in [4.78, 5) is 13.1. The normalized spacial score (nSPS) is 10.1. The highest BCUT2D eigenvalue weighted by molar-refractivity contribution is 9.11.